The minimum Gasteiger partial charge on any atom is -0.382 e. The van der Waals surface area contributed by atoms with Crippen molar-refractivity contribution in [2.75, 3.05) is 5.73 Å². The summed E-state index contributed by atoms with van der Waals surface area (Å²) in [6, 6.07) is 6.22. The minimum absolute atomic E-state index is 0.567. The van der Waals surface area contributed by atoms with Crippen molar-refractivity contribution in [2.45, 2.75) is 27.7 Å². The van der Waals surface area contributed by atoms with Crippen molar-refractivity contribution in [3.63, 3.8) is 0 Å². The van der Waals surface area contributed by atoms with Crippen molar-refractivity contribution < 1.29 is 0 Å². The van der Waals surface area contributed by atoms with E-state index in [2.05, 4.69) is 38.0 Å². The van der Waals surface area contributed by atoms with Crippen molar-refractivity contribution >= 4 is 5.82 Å². The van der Waals surface area contributed by atoms with Crippen molar-refractivity contribution in [3.8, 4) is 5.69 Å². The zero-order valence-corrected chi connectivity index (χ0v) is 10.2. The Balaban J connectivity index is 2.69. The van der Waals surface area contributed by atoms with Crippen molar-refractivity contribution in [3.05, 3.63) is 40.6 Å². The summed E-state index contributed by atoms with van der Waals surface area (Å²) in [7, 11) is 0. The fraction of sp³-hybridized carbons (Fsp3) is 0.308. The van der Waals surface area contributed by atoms with Crippen LogP contribution in [0.25, 0.3) is 5.69 Å². The van der Waals surface area contributed by atoms with E-state index < -0.39 is 0 Å². The molecule has 0 aliphatic carbocycles. The molecule has 2 N–H and O–H groups in total. The highest BCUT2D eigenvalue weighted by molar-refractivity contribution is 5.50. The molecule has 0 radical (unpaired) electrons. The van der Waals surface area contributed by atoms with E-state index in [0.29, 0.717) is 5.82 Å². The van der Waals surface area contributed by atoms with Gasteiger partial charge in [-0.1, -0.05) is 17.7 Å². The van der Waals surface area contributed by atoms with Gasteiger partial charge in [-0.25, -0.2) is 4.68 Å². The van der Waals surface area contributed by atoms with Crippen molar-refractivity contribution in [2.24, 2.45) is 0 Å². The molecule has 1 aromatic heterocycles. The van der Waals surface area contributed by atoms with Gasteiger partial charge in [0.25, 0.3) is 0 Å². The Morgan fingerprint density at radius 3 is 2.00 bits per heavy atom. The normalized spacial score (nSPS) is 10.8. The molecule has 1 heterocycles. The highest BCUT2D eigenvalue weighted by atomic mass is 15.3. The van der Waals surface area contributed by atoms with E-state index in [0.717, 1.165) is 11.4 Å². The van der Waals surface area contributed by atoms with Gasteiger partial charge in [-0.3, -0.25) is 0 Å². The van der Waals surface area contributed by atoms with Crippen LogP contribution in [0.3, 0.4) is 0 Å². The Bertz CT molecular complexity index is 515. The molecule has 0 aliphatic heterocycles. The van der Waals surface area contributed by atoms with E-state index in [1.54, 1.807) is 0 Å². The van der Waals surface area contributed by atoms with Gasteiger partial charge >= 0.3 is 0 Å². The molecule has 84 valence electrons. The van der Waals surface area contributed by atoms with Crippen LogP contribution >= 0.6 is 0 Å². The Kier molecular flexibility index (Phi) is 2.46. The first-order valence-electron chi connectivity index (χ1n) is 5.39. The molecule has 0 amide bonds. The van der Waals surface area contributed by atoms with Gasteiger partial charge in [0.05, 0.1) is 5.69 Å². The molecule has 0 fully saturated rings. The molecule has 0 aliphatic rings. The first-order chi connectivity index (χ1) is 7.49. The van der Waals surface area contributed by atoms with Crippen LogP contribution in [0.2, 0.25) is 0 Å². The predicted molar refractivity (Wildman–Crippen MR) is 66.9 cm³/mol. The van der Waals surface area contributed by atoms with Crippen LogP contribution in [0.15, 0.2) is 18.2 Å². The van der Waals surface area contributed by atoms with Gasteiger partial charge in [-0.2, -0.15) is 5.10 Å². The SMILES string of the molecule is Cc1cc(C)c(-n2nc(N)cc2C)c(C)c1. The monoisotopic (exact) mass is 215 g/mol. The van der Waals surface area contributed by atoms with Crippen LogP contribution in [-0.4, -0.2) is 9.78 Å². The lowest BCUT2D eigenvalue weighted by Gasteiger charge is -2.12. The quantitative estimate of drug-likeness (QED) is 0.794. The van der Waals surface area contributed by atoms with Crippen LogP contribution < -0.4 is 5.73 Å². The summed E-state index contributed by atoms with van der Waals surface area (Å²) >= 11 is 0. The van der Waals surface area contributed by atoms with Gasteiger partial charge in [-0.15, -0.1) is 0 Å². The van der Waals surface area contributed by atoms with Crippen LogP contribution in [0, 0.1) is 27.7 Å². The second-order valence-corrected chi connectivity index (χ2v) is 4.37. The van der Waals surface area contributed by atoms with Crippen LogP contribution in [0.1, 0.15) is 22.4 Å². The molecule has 2 rings (SSSR count). The maximum atomic E-state index is 5.71. The molecule has 0 saturated carbocycles. The number of hydrogen-bond acceptors (Lipinski definition) is 2. The average molecular weight is 215 g/mol. The molecular formula is C13H17N3. The summed E-state index contributed by atoms with van der Waals surface area (Å²) in [6.45, 7) is 8.33. The minimum atomic E-state index is 0.567. The summed E-state index contributed by atoms with van der Waals surface area (Å²) in [5.74, 6) is 0.567. The zero-order chi connectivity index (χ0) is 11.9. The van der Waals surface area contributed by atoms with E-state index in [-0.39, 0.29) is 0 Å². The fourth-order valence-corrected chi connectivity index (χ4v) is 2.23. The van der Waals surface area contributed by atoms with E-state index in [4.69, 9.17) is 5.73 Å². The maximum absolute atomic E-state index is 5.71. The smallest absolute Gasteiger partial charge is 0.146 e. The standard InChI is InChI=1S/C13H17N3/c1-8-5-9(2)13(10(3)6-8)16-11(4)7-12(14)15-16/h5-7H,1-4H3,(H2,14,15). The third-order valence-corrected chi connectivity index (χ3v) is 2.75. The Morgan fingerprint density at radius 2 is 1.56 bits per heavy atom. The number of hydrogen-bond donors (Lipinski definition) is 1. The first-order valence-corrected chi connectivity index (χ1v) is 5.39. The third-order valence-electron chi connectivity index (χ3n) is 2.75. The summed E-state index contributed by atoms with van der Waals surface area (Å²) < 4.78 is 1.92. The van der Waals surface area contributed by atoms with E-state index in [1.165, 1.54) is 16.7 Å². The number of rotatable bonds is 1. The zero-order valence-electron chi connectivity index (χ0n) is 10.2. The Labute approximate surface area is 95.9 Å². The number of aryl methyl sites for hydroxylation is 4. The second-order valence-electron chi connectivity index (χ2n) is 4.37. The number of anilines is 1. The topological polar surface area (TPSA) is 43.8 Å². The molecule has 3 nitrogen and oxygen atoms in total. The number of nitrogen functional groups attached to an aromatic ring is 1. The molecule has 0 saturated heterocycles. The molecule has 3 heteroatoms. The van der Waals surface area contributed by atoms with Gasteiger partial charge < -0.3 is 5.73 Å². The van der Waals surface area contributed by atoms with Crippen LogP contribution in [-0.2, 0) is 0 Å². The Morgan fingerprint density at radius 1 is 1.00 bits per heavy atom. The van der Waals surface area contributed by atoms with Crippen molar-refractivity contribution in [1.82, 2.24) is 9.78 Å². The molecule has 0 bridgehead atoms. The highest BCUT2D eigenvalue weighted by Gasteiger charge is 2.10. The summed E-state index contributed by atoms with van der Waals surface area (Å²) in [6.07, 6.45) is 0. The molecule has 0 unspecified atom stereocenters. The lowest BCUT2D eigenvalue weighted by atomic mass is 10.1. The summed E-state index contributed by atoms with van der Waals surface area (Å²) in [4.78, 5) is 0. The van der Waals surface area contributed by atoms with Gasteiger partial charge in [-0.05, 0) is 38.8 Å². The van der Waals surface area contributed by atoms with Gasteiger partial charge in [0.1, 0.15) is 5.82 Å². The number of nitrogens with two attached hydrogens (primary N) is 1. The van der Waals surface area contributed by atoms with E-state index in [1.807, 2.05) is 17.7 Å². The molecular weight excluding hydrogens is 198 g/mol. The summed E-state index contributed by atoms with van der Waals surface area (Å²) in [5.41, 5.74) is 11.6. The lowest BCUT2D eigenvalue weighted by Crippen LogP contribution is -2.04. The molecule has 1 aromatic carbocycles. The van der Waals surface area contributed by atoms with Crippen LogP contribution in [0.4, 0.5) is 5.82 Å². The highest BCUT2D eigenvalue weighted by Crippen LogP contribution is 2.22. The average Bonchev–Trinajstić information content (AvgIpc) is 2.43. The Hall–Kier alpha value is -1.77. The number of benzene rings is 1. The number of nitrogens with zero attached hydrogens (tertiary/aromatic N) is 2. The van der Waals surface area contributed by atoms with Gasteiger partial charge in [0.2, 0.25) is 0 Å². The lowest BCUT2D eigenvalue weighted by molar-refractivity contribution is 0.836. The maximum Gasteiger partial charge on any atom is 0.146 e. The first kappa shape index (κ1) is 10.7. The van der Waals surface area contributed by atoms with Gasteiger partial charge in [0, 0.05) is 11.8 Å². The molecule has 0 spiro atoms. The predicted octanol–water partition coefficient (Wildman–Crippen LogP) is 2.69. The molecule has 2 aromatic rings. The van der Waals surface area contributed by atoms with E-state index >= 15 is 0 Å². The molecule has 0 atom stereocenters. The third kappa shape index (κ3) is 1.69. The summed E-state index contributed by atoms with van der Waals surface area (Å²) in [5, 5.41) is 4.33. The molecule has 16 heavy (non-hydrogen) atoms. The second kappa shape index (κ2) is 3.67. The number of aromatic nitrogens is 2. The largest absolute Gasteiger partial charge is 0.382 e. The van der Waals surface area contributed by atoms with E-state index in [9.17, 15) is 0 Å². The fourth-order valence-electron chi connectivity index (χ4n) is 2.23. The van der Waals surface area contributed by atoms with Crippen molar-refractivity contribution in [1.29, 1.82) is 0 Å². The van der Waals surface area contributed by atoms with Gasteiger partial charge in [0.15, 0.2) is 0 Å². The van der Waals surface area contributed by atoms with Crippen LogP contribution in [0.5, 0.6) is 0 Å².